The average molecular weight is 259 g/mol. The molecule has 106 valence electrons. The Morgan fingerprint density at radius 2 is 1.61 bits per heavy atom. The highest BCUT2D eigenvalue weighted by atomic mass is 16.5. The van der Waals surface area contributed by atoms with Crippen LogP contribution in [0.25, 0.3) is 0 Å². The van der Waals surface area contributed by atoms with Crippen LogP contribution in [0.2, 0.25) is 0 Å². The number of carbonyl (C=O) groups excluding carboxylic acids is 1. The summed E-state index contributed by atoms with van der Waals surface area (Å²) in [6, 6.07) is 0. The summed E-state index contributed by atoms with van der Waals surface area (Å²) in [5, 5.41) is 12.0. The second-order valence-corrected chi connectivity index (χ2v) is 5.80. The molecule has 0 aromatic heterocycles. The monoisotopic (exact) mass is 259 g/mol. The van der Waals surface area contributed by atoms with Crippen molar-refractivity contribution in [1.29, 1.82) is 0 Å². The van der Waals surface area contributed by atoms with E-state index in [9.17, 15) is 14.7 Å². The molecule has 0 aromatic rings. The Morgan fingerprint density at radius 1 is 1.17 bits per heavy atom. The highest BCUT2D eigenvalue weighted by molar-refractivity contribution is 5.86. The van der Waals surface area contributed by atoms with Crippen LogP contribution in [0, 0.1) is 5.41 Å². The molecular weight excluding hydrogens is 234 g/mol. The molecule has 0 aliphatic rings. The first-order valence-corrected chi connectivity index (χ1v) is 6.05. The molecule has 1 atom stereocenters. The maximum Gasteiger partial charge on any atom is 0.311 e. The molecular formula is C13H25NO4. The van der Waals surface area contributed by atoms with Gasteiger partial charge in [0.15, 0.2) is 0 Å². The Kier molecular flexibility index (Phi) is 4.94. The van der Waals surface area contributed by atoms with Crippen LogP contribution >= 0.6 is 0 Å². The molecule has 0 radical (unpaired) electrons. The molecule has 0 aliphatic carbocycles. The van der Waals surface area contributed by atoms with Crippen molar-refractivity contribution in [2.24, 2.45) is 5.41 Å². The molecule has 0 bridgehead atoms. The van der Waals surface area contributed by atoms with Crippen LogP contribution in [-0.4, -0.2) is 35.2 Å². The topological polar surface area (TPSA) is 75.6 Å². The lowest BCUT2D eigenvalue weighted by Crippen LogP contribution is -2.61. The Balaban J connectivity index is 5.11. The summed E-state index contributed by atoms with van der Waals surface area (Å²) in [6.45, 7) is 10.1. The van der Waals surface area contributed by atoms with Gasteiger partial charge in [-0.15, -0.1) is 0 Å². The van der Waals surface area contributed by atoms with Crippen LogP contribution in [0.4, 0.5) is 0 Å². The molecule has 5 heteroatoms. The molecule has 0 heterocycles. The highest BCUT2D eigenvalue weighted by Crippen LogP contribution is 2.31. The smallest absolute Gasteiger partial charge is 0.311 e. The van der Waals surface area contributed by atoms with Crippen molar-refractivity contribution in [3.05, 3.63) is 0 Å². The molecule has 1 amide bonds. The summed E-state index contributed by atoms with van der Waals surface area (Å²) in [5.74, 6) is -1.25. The van der Waals surface area contributed by atoms with Gasteiger partial charge < -0.3 is 15.2 Å². The number of methoxy groups -OCH3 is 1. The molecule has 0 saturated heterocycles. The minimum atomic E-state index is -1.08. The molecule has 0 saturated carbocycles. The Hall–Kier alpha value is -1.10. The molecule has 0 aromatic carbocycles. The van der Waals surface area contributed by atoms with Crippen molar-refractivity contribution in [2.75, 3.05) is 7.11 Å². The summed E-state index contributed by atoms with van der Waals surface area (Å²) < 4.78 is 5.21. The Morgan fingerprint density at radius 3 is 1.89 bits per heavy atom. The van der Waals surface area contributed by atoms with Crippen molar-refractivity contribution in [3.63, 3.8) is 0 Å². The molecule has 0 spiro atoms. The lowest BCUT2D eigenvalue weighted by molar-refractivity contribution is -0.154. The number of rotatable bonds is 6. The van der Waals surface area contributed by atoms with Gasteiger partial charge in [0.2, 0.25) is 0 Å². The number of ether oxygens (including phenoxy) is 1. The van der Waals surface area contributed by atoms with Crippen LogP contribution in [0.15, 0.2) is 0 Å². The van der Waals surface area contributed by atoms with E-state index in [0.29, 0.717) is 6.42 Å². The van der Waals surface area contributed by atoms with Crippen molar-refractivity contribution >= 4 is 11.9 Å². The number of nitrogens with one attached hydrogen (secondary N) is 1. The first-order chi connectivity index (χ1) is 7.94. The Bertz CT molecular complexity index is 330. The van der Waals surface area contributed by atoms with Crippen molar-refractivity contribution in [1.82, 2.24) is 5.32 Å². The second kappa shape index (κ2) is 5.26. The first kappa shape index (κ1) is 16.9. The van der Waals surface area contributed by atoms with Gasteiger partial charge in [-0.05, 0) is 41.0 Å². The first-order valence-electron chi connectivity index (χ1n) is 6.05. The van der Waals surface area contributed by atoms with E-state index < -0.39 is 22.5 Å². The number of carbonyl (C=O) groups is 2. The Labute approximate surface area is 109 Å². The molecule has 18 heavy (non-hydrogen) atoms. The number of carboxylic acids is 1. The number of aliphatic carboxylic acids is 1. The minimum Gasteiger partial charge on any atom is -0.481 e. The van der Waals surface area contributed by atoms with Gasteiger partial charge in [-0.1, -0.05) is 6.92 Å². The summed E-state index contributed by atoms with van der Waals surface area (Å²) in [4.78, 5) is 23.4. The van der Waals surface area contributed by atoms with Gasteiger partial charge in [-0.25, -0.2) is 0 Å². The zero-order chi connectivity index (χ0) is 14.8. The summed E-state index contributed by atoms with van der Waals surface area (Å²) in [7, 11) is 1.47. The largest absolute Gasteiger partial charge is 0.481 e. The fourth-order valence-electron chi connectivity index (χ4n) is 1.24. The molecule has 5 nitrogen and oxygen atoms in total. The molecule has 1 unspecified atom stereocenters. The van der Waals surface area contributed by atoms with E-state index in [2.05, 4.69) is 5.32 Å². The number of hydrogen-bond acceptors (Lipinski definition) is 3. The SMILES string of the molecule is CCC(C)(OC)C(=O)NC(C)(C)C(C)(C)C(=O)O. The second-order valence-electron chi connectivity index (χ2n) is 5.80. The van der Waals surface area contributed by atoms with Crippen LogP contribution in [0.3, 0.4) is 0 Å². The van der Waals surface area contributed by atoms with Crippen molar-refractivity contribution in [3.8, 4) is 0 Å². The van der Waals surface area contributed by atoms with Gasteiger partial charge in [0.1, 0.15) is 5.60 Å². The highest BCUT2D eigenvalue weighted by Gasteiger charge is 2.46. The summed E-state index contributed by atoms with van der Waals surface area (Å²) in [5.41, 5.74) is -2.90. The van der Waals surface area contributed by atoms with E-state index in [-0.39, 0.29) is 5.91 Å². The minimum absolute atomic E-state index is 0.299. The zero-order valence-corrected chi connectivity index (χ0v) is 12.4. The van der Waals surface area contributed by atoms with E-state index in [1.807, 2.05) is 6.92 Å². The van der Waals surface area contributed by atoms with E-state index in [1.54, 1.807) is 34.6 Å². The van der Waals surface area contributed by atoms with Gasteiger partial charge in [0.25, 0.3) is 5.91 Å². The average Bonchev–Trinajstić information content (AvgIpc) is 2.26. The third kappa shape index (κ3) is 3.02. The summed E-state index contributed by atoms with van der Waals surface area (Å²) >= 11 is 0. The van der Waals surface area contributed by atoms with Crippen LogP contribution in [0.1, 0.15) is 48.0 Å². The van der Waals surface area contributed by atoms with Crippen LogP contribution < -0.4 is 5.32 Å². The van der Waals surface area contributed by atoms with Crippen molar-refractivity contribution in [2.45, 2.75) is 59.1 Å². The van der Waals surface area contributed by atoms with Crippen LogP contribution in [0.5, 0.6) is 0 Å². The zero-order valence-electron chi connectivity index (χ0n) is 12.4. The van der Waals surface area contributed by atoms with Crippen LogP contribution in [-0.2, 0) is 14.3 Å². The maximum atomic E-state index is 12.2. The lowest BCUT2D eigenvalue weighted by Gasteiger charge is -2.41. The fourth-order valence-corrected chi connectivity index (χ4v) is 1.24. The molecule has 0 aliphatic heterocycles. The summed E-state index contributed by atoms with van der Waals surface area (Å²) in [6.07, 6.45) is 0.513. The maximum absolute atomic E-state index is 12.2. The fraction of sp³-hybridized carbons (Fsp3) is 0.846. The van der Waals surface area contributed by atoms with E-state index >= 15 is 0 Å². The van der Waals surface area contributed by atoms with Gasteiger partial charge in [-0.2, -0.15) is 0 Å². The quantitative estimate of drug-likeness (QED) is 0.762. The normalized spacial score (nSPS) is 15.9. The van der Waals surface area contributed by atoms with Gasteiger partial charge in [0.05, 0.1) is 11.0 Å². The molecule has 0 rings (SSSR count). The predicted molar refractivity (Wildman–Crippen MR) is 69.3 cm³/mol. The molecule has 0 fully saturated rings. The predicted octanol–water partition coefficient (Wildman–Crippen LogP) is 1.81. The third-order valence-electron chi connectivity index (χ3n) is 4.13. The lowest BCUT2D eigenvalue weighted by atomic mass is 9.74. The van der Waals surface area contributed by atoms with Crippen molar-refractivity contribution < 1.29 is 19.4 Å². The van der Waals surface area contributed by atoms with E-state index in [4.69, 9.17) is 4.74 Å². The number of hydrogen-bond donors (Lipinski definition) is 2. The van der Waals surface area contributed by atoms with Gasteiger partial charge in [-0.3, -0.25) is 9.59 Å². The molecule has 2 N–H and O–H groups in total. The third-order valence-corrected chi connectivity index (χ3v) is 4.13. The standard InChI is InChI=1S/C13H25NO4/c1-8-13(6,18-7)9(15)14-12(4,5)11(2,3)10(16)17/h8H2,1-7H3,(H,14,15)(H,16,17). The number of carboxylic acid groups (broad SMARTS) is 1. The van der Waals surface area contributed by atoms with E-state index in [0.717, 1.165) is 0 Å². The van der Waals surface area contributed by atoms with Gasteiger partial charge >= 0.3 is 5.97 Å². The van der Waals surface area contributed by atoms with E-state index in [1.165, 1.54) is 7.11 Å². The van der Waals surface area contributed by atoms with Gasteiger partial charge in [0, 0.05) is 7.11 Å². The number of amides is 1.